The molecule has 0 spiro atoms. The van der Waals surface area contributed by atoms with Crippen molar-refractivity contribution < 1.29 is 9.31 Å². The number of unbranched alkanes of at least 4 members (excludes halogenated alkanes) is 16. The first-order valence-electron chi connectivity index (χ1n) is 22.5. The molecule has 0 N–H and O–H groups in total. The van der Waals surface area contributed by atoms with Crippen LogP contribution in [0.1, 0.15) is 170 Å². The maximum Gasteiger partial charge on any atom is 0.495 e. The molecular formula is C50H70BNO2. The summed E-state index contributed by atoms with van der Waals surface area (Å²) < 4.78 is 16.4. The van der Waals surface area contributed by atoms with Crippen molar-refractivity contribution in [2.45, 2.75) is 188 Å². The first-order chi connectivity index (χ1) is 26.3. The van der Waals surface area contributed by atoms with E-state index in [0.29, 0.717) is 5.92 Å². The summed E-state index contributed by atoms with van der Waals surface area (Å²) in [7, 11) is -0.405. The van der Waals surface area contributed by atoms with E-state index in [2.05, 4.69) is 101 Å². The minimum Gasteiger partial charge on any atom is -0.399 e. The number of hydrogen-bond donors (Lipinski definition) is 0. The molecule has 0 amide bonds. The fraction of sp³-hybridized carbons (Fsp3) is 0.600. The Balaban J connectivity index is 1.21. The molecule has 1 fully saturated rings. The largest absolute Gasteiger partial charge is 0.495 e. The molecule has 0 aliphatic carbocycles. The van der Waals surface area contributed by atoms with E-state index >= 15 is 0 Å². The van der Waals surface area contributed by atoms with Crippen LogP contribution in [0.3, 0.4) is 0 Å². The predicted molar refractivity (Wildman–Crippen MR) is 237 cm³/mol. The SMILES string of the molecule is CCCCCCCCCCCCC(CCCCCCCCCC)Cn1c2ccc3cccc4c5cccc6c(B7OC(C)(C)C(C)(C)O7)cc1c(c65)c2c34. The Morgan fingerprint density at radius 2 is 1.00 bits per heavy atom. The monoisotopic (exact) mass is 728 g/mol. The summed E-state index contributed by atoms with van der Waals surface area (Å²) in [5, 5.41) is 11.0. The van der Waals surface area contributed by atoms with Gasteiger partial charge in [-0.15, -0.1) is 0 Å². The summed E-state index contributed by atoms with van der Waals surface area (Å²) in [6.07, 6.45) is 27.7. The molecule has 5 aromatic carbocycles. The Morgan fingerprint density at radius 3 is 1.57 bits per heavy atom. The topological polar surface area (TPSA) is 23.4 Å². The summed E-state index contributed by atoms with van der Waals surface area (Å²) >= 11 is 0. The predicted octanol–water partition coefficient (Wildman–Crippen LogP) is 14.9. The summed E-state index contributed by atoms with van der Waals surface area (Å²) in [4.78, 5) is 0. The van der Waals surface area contributed by atoms with Gasteiger partial charge in [-0.05, 0) is 96.4 Å². The van der Waals surface area contributed by atoms with Gasteiger partial charge in [0, 0.05) is 28.4 Å². The Bertz CT molecular complexity index is 2060. The van der Waals surface area contributed by atoms with E-state index < -0.39 is 18.3 Å². The van der Waals surface area contributed by atoms with E-state index in [4.69, 9.17) is 9.31 Å². The van der Waals surface area contributed by atoms with Crippen molar-refractivity contribution >= 4 is 66.7 Å². The van der Waals surface area contributed by atoms with Crippen molar-refractivity contribution in [3.05, 3.63) is 54.6 Å². The third-order valence-electron chi connectivity index (χ3n) is 13.7. The third kappa shape index (κ3) is 8.04. The molecule has 1 aromatic heterocycles. The molecule has 7 rings (SSSR count). The van der Waals surface area contributed by atoms with Gasteiger partial charge in [0.25, 0.3) is 0 Å². The zero-order valence-electron chi connectivity index (χ0n) is 35.0. The van der Waals surface area contributed by atoms with Crippen molar-refractivity contribution in [1.82, 2.24) is 4.57 Å². The number of rotatable bonds is 23. The summed E-state index contributed by atoms with van der Waals surface area (Å²) in [6, 6.07) is 21.1. The average molecular weight is 728 g/mol. The van der Waals surface area contributed by atoms with Crippen molar-refractivity contribution in [3.63, 3.8) is 0 Å². The molecule has 54 heavy (non-hydrogen) atoms. The zero-order chi connectivity index (χ0) is 37.7. The molecule has 2 heterocycles. The maximum atomic E-state index is 6.81. The van der Waals surface area contributed by atoms with Gasteiger partial charge in [-0.25, -0.2) is 0 Å². The van der Waals surface area contributed by atoms with Crippen LogP contribution in [-0.2, 0) is 15.9 Å². The van der Waals surface area contributed by atoms with Crippen molar-refractivity contribution in [2.24, 2.45) is 5.92 Å². The van der Waals surface area contributed by atoms with Crippen LogP contribution in [0, 0.1) is 5.92 Å². The highest BCUT2D eigenvalue weighted by Crippen LogP contribution is 2.47. The van der Waals surface area contributed by atoms with E-state index in [-0.39, 0.29) is 0 Å². The summed E-state index contributed by atoms with van der Waals surface area (Å²) in [6.45, 7) is 14.4. The number of nitrogens with zero attached hydrogens (tertiary/aromatic N) is 1. The average Bonchev–Trinajstić information content (AvgIpc) is 3.60. The number of fused-ring (bicyclic) bond motifs is 1. The molecule has 1 aliphatic rings. The molecule has 0 radical (unpaired) electrons. The van der Waals surface area contributed by atoms with Crippen LogP contribution in [0.5, 0.6) is 0 Å². The lowest BCUT2D eigenvalue weighted by Gasteiger charge is -2.32. The second-order valence-corrected chi connectivity index (χ2v) is 18.3. The maximum absolute atomic E-state index is 6.81. The molecule has 0 saturated carbocycles. The van der Waals surface area contributed by atoms with E-state index in [0.717, 1.165) is 6.54 Å². The van der Waals surface area contributed by atoms with E-state index in [9.17, 15) is 0 Å². The van der Waals surface area contributed by atoms with Crippen LogP contribution < -0.4 is 5.46 Å². The van der Waals surface area contributed by atoms with Gasteiger partial charge in [-0.1, -0.05) is 172 Å². The molecule has 3 nitrogen and oxygen atoms in total. The second kappa shape index (κ2) is 17.5. The molecule has 290 valence electrons. The standard InChI is InChI=1S/C50H70BNO2/c1-7-9-11-13-15-17-18-20-22-24-28-37(27-23-21-19-16-14-12-10-8-2)36-52-43-34-33-38-29-25-30-39-40-31-26-32-41-42(51-53-49(3,4)50(5,6)54-51)35-44(52)48(46(40)41)47(43)45(38)39/h25-26,29-35,37H,7-24,27-28,36H2,1-6H3. The fourth-order valence-corrected chi connectivity index (χ4v) is 9.81. The molecule has 1 saturated heterocycles. The molecular weight excluding hydrogens is 657 g/mol. The molecule has 6 aromatic rings. The van der Waals surface area contributed by atoms with Gasteiger partial charge in [0.2, 0.25) is 0 Å². The number of aromatic nitrogens is 1. The highest BCUT2D eigenvalue weighted by molar-refractivity contribution is 6.66. The van der Waals surface area contributed by atoms with Crippen molar-refractivity contribution in [3.8, 4) is 0 Å². The lowest BCUT2D eigenvalue weighted by molar-refractivity contribution is 0.00578. The highest BCUT2D eigenvalue weighted by Gasteiger charge is 2.52. The minimum atomic E-state index is -0.405. The Morgan fingerprint density at radius 1 is 0.519 bits per heavy atom. The normalized spacial score (nSPS) is 16.4. The Hall–Kier alpha value is -2.82. The van der Waals surface area contributed by atoms with E-state index in [1.165, 1.54) is 188 Å². The van der Waals surface area contributed by atoms with Gasteiger partial charge >= 0.3 is 7.12 Å². The molecule has 1 atom stereocenters. The summed E-state index contributed by atoms with van der Waals surface area (Å²) in [5.41, 5.74) is 3.15. The van der Waals surface area contributed by atoms with Crippen LogP contribution in [0.15, 0.2) is 54.6 Å². The van der Waals surface area contributed by atoms with Crippen LogP contribution in [0.25, 0.3) is 54.1 Å². The van der Waals surface area contributed by atoms with Gasteiger partial charge in [0.1, 0.15) is 0 Å². The van der Waals surface area contributed by atoms with Gasteiger partial charge < -0.3 is 13.9 Å². The van der Waals surface area contributed by atoms with Crippen LogP contribution in [-0.4, -0.2) is 22.9 Å². The third-order valence-corrected chi connectivity index (χ3v) is 13.7. The summed E-state index contributed by atoms with van der Waals surface area (Å²) in [5.74, 6) is 0.677. The lowest BCUT2D eigenvalue weighted by atomic mass is 9.74. The van der Waals surface area contributed by atoms with Crippen LogP contribution in [0.2, 0.25) is 0 Å². The highest BCUT2D eigenvalue weighted by atomic mass is 16.7. The van der Waals surface area contributed by atoms with Gasteiger partial charge in [-0.3, -0.25) is 0 Å². The van der Waals surface area contributed by atoms with Gasteiger partial charge in [0.15, 0.2) is 0 Å². The van der Waals surface area contributed by atoms with Gasteiger partial charge in [0.05, 0.1) is 11.2 Å². The molecule has 1 aliphatic heterocycles. The quantitative estimate of drug-likeness (QED) is 0.0284. The van der Waals surface area contributed by atoms with Crippen molar-refractivity contribution in [2.75, 3.05) is 0 Å². The molecule has 4 heteroatoms. The van der Waals surface area contributed by atoms with Crippen molar-refractivity contribution in [1.29, 1.82) is 0 Å². The zero-order valence-corrected chi connectivity index (χ0v) is 35.0. The minimum absolute atomic E-state index is 0.394. The van der Waals surface area contributed by atoms with E-state index in [1.54, 1.807) is 0 Å². The van der Waals surface area contributed by atoms with E-state index in [1.807, 2.05) is 0 Å². The van der Waals surface area contributed by atoms with Gasteiger partial charge in [-0.2, -0.15) is 0 Å². The first kappa shape index (κ1) is 39.4. The Kier molecular flexibility index (Phi) is 12.8. The number of benzene rings is 5. The van der Waals surface area contributed by atoms with Crippen LogP contribution >= 0.6 is 0 Å². The lowest BCUT2D eigenvalue weighted by Crippen LogP contribution is -2.41. The Labute approximate surface area is 327 Å². The number of hydrogen-bond acceptors (Lipinski definition) is 2. The fourth-order valence-electron chi connectivity index (χ4n) is 9.81. The first-order valence-corrected chi connectivity index (χ1v) is 22.5. The second-order valence-electron chi connectivity index (χ2n) is 18.3. The smallest absolute Gasteiger partial charge is 0.399 e. The molecule has 1 unspecified atom stereocenters. The van der Waals surface area contributed by atoms with Crippen LogP contribution in [0.4, 0.5) is 0 Å². The molecule has 0 bridgehead atoms.